The van der Waals surface area contributed by atoms with Gasteiger partial charge in [0.15, 0.2) is 0 Å². The largest absolute Gasteiger partial charge is 0.399 e. The Balaban J connectivity index is 1.50. The molecule has 2 fully saturated rings. The number of hydrogen-bond acceptors (Lipinski definition) is 2. The lowest BCUT2D eigenvalue weighted by Crippen LogP contribution is -2.30. The van der Waals surface area contributed by atoms with Crippen molar-refractivity contribution in [2.75, 3.05) is 25.4 Å². The molecule has 2 saturated carbocycles. The topological polar surface area (TPSA) is 29.3 Å². The minimum Gasteiger partial charge on any atom is -0.399 e. The fourth-order valence-electron chi connectivity index (χ4n) is 2.62. The Morgan fingerprint density at radius 1 is 1.06 bits per heavy atom. The Hall–Kier alpha value is -1.02. The molecular weight excluding hydrogens is 220 g/mol. The molecule has 3 rings (SSSR count). The minimum absolute atomic E-state index is 0.892. The highest BCUT2D eigenvalue weighted by Gasteiger charge is 2.28. The first kappa shape index (κ1) is 12.0. The van der Waals surface area contributed by atoms with Gasteiger partial charge >= 0.3 is 0 Å². The van der Waals surface area contributed by atoms with Crippen molar-refractivity contribution in [1.29, 1.82) is 0 Å². The lowest BCUT2D eigenvalue weighted by molar-refractivity contribution is 0.255. The third-order valence-electron chi connectivity index (χ3n) is 4.09. The average molecular weight is 244 g/mol. The van der Waals surface area contributed by atoms with E-state index in [1.165, 1.54) is 50.9 Å². The molecule has 0 aliphatic heterocycles. The van der Waals surface area contributed by atoms with Gasteiger partial charge in [-0.25, -0.2) is 0 Å². The van der Waals surface area contributed by atoms with Gasteiger partial charge in [0.05, 0.1) is 0 Å². The monoisotopic (exact) mass is 244 g/mol. The van der Waals surface area contributed by atoms with Gasteiger partial charge in [0.25, 0.3) is 0 Å². The van der Waals surface area contributed by atoms with Crippen LogP contribution in [0.5, 0.6) is 0 Å². The first-order chi connectivity index (χ1) is 8.79. The van der Waals surface area contributed by atoms with Crippen LogP contribution in [0.15, 0.2) is 24.3 Å². The van der Waals surface area contributed by atoms with Crippen LogP contribution in [-0.2, 0) is 6.42 Å². The summed E-state index contributed by atoms with van der Waals surface area (Å²) in [4.78, 5) is 2.69. The fraction of sp³-hybridized carbons (Fsp3) is 0.625. The summed E-state index contributed by atoms with van der Waals surface area (Å²) in [5.74, 6) is 2.01. The van der Waals surface area contributed by atoms with Gasteiger partial charge < -0.3 is 10.6 Å². The van der Waals surface area contributed by atoms with E-state index in [1.807, 2.05) is 6.07 Å². The van der Waals surface area contributed by atoms with E-state index in [1.54, 1.807) is 0 Å². The van der Waals surface area contributed by atoms with E-state index in [-0.39, 0.29) is 0 Å². The van der Waals surface area contributed by atoms with E-state index < -0.39 is 0 Å². The third-order valence-corrected chi connectivity index (χ3v) is 4.09. The maximum absolute atomic E-state index is 5.83. The van der Waals surface area contributed by atoms with Crippen molar-refractivity contribution in [1.82, 2.24) is 4.90 Å². The average Bonchev–Trinajstić information content (AvgIpc) is 3.21. The summed E-state index contributed by atoms with van der Waals surface area (Å²) >= 11 is 0. The van der Waals surface area contributed by atoms with Gasteiger partial charge in [-0.05, 0) is 61.6 Å². The van der Waals surface area contributed by atoms with Gasteiger partial charge in [0, 0.05) is 25.3 Å². The molecule has 98 valence electrons. The standard InChI is InChI=1S/C16H24N2/c17-16-3-1-2-13(10-16)8-9-18(11-14-4-5-14)12-15-6-7-15/h1-3,10,14-15H,4-9,11-12,17H2. The highest BCUT2D eigenvalue weighted by Crippen LogP contribution is 2.33. The molecule has 1 aromatic carbocycles. The molecule has 0 bridgehead atoms. The molecule has 0 radical (unpaired) electrons. The first-order valence-corrected chi connectivity index (χ1v) is 7.36. The normalized spacial score (nSPS) is 19.4. The van der Waals surface area contributed by atoms with Crippen LogP contribution >= 0.6 is 0 Å². The summed E-state index contributed by atoms with van der Waals surface area (Å²) in [7, 11) is 0. The van der Waals surface area contributed by atoms with Gasteiger partial charge in [0.2, 0.25) is 0 Å². The molecule has 0 saturated heterocycles. The molecule has 18 heavy (non-hydrogen) atoms. The van der Waals surface area contributed by atoms with Crippen molar-refractivity contribution >= 4 is 5.69 Å². The van der Waals surface area contributed by atoms with Crippen molar-refractivity contribution in [3.63, 3.8) is 0 Å². The Bertz CT molecular complexity index is 380. The van der Waals surface area contributed by atoms with Gasteiger partial charge in [-0.2, -0.15) is 0 Å². The summed E-state index contributed by atoms with van der Waals surface area (Å²) in [5, 5.41) is 0. The second-order valence-electron chi connectivity index (χ2n) is 6.14. The quantitative estimate of drug-likeness (QED) is 0.747. The van der Waals surface area contributed by atoms with Crippen LogP contribution in [0.1, 0.15) is 31.2 Å². The maximum atomic E-state index is 5.83. The van der Waals surface area contributed by atoms with Crippen LogP contribution in [0.3, 0.4) is 0 Å². The van der Waals surface area contributed by atoms with Gasteiger partial charge in [0.1, 0.15) is 0 Å². The highest BCUT2D eigenvalue weighted by atomic mass is 15.1. The van der Waals surface area contributed by atoms with E-state index >= 15 is 0 Å². The Kier molecular flexibility index (Phi) is 3.55. The van der Waals surface area contributed by atoms with Gasteiger partial charge in [-0.1, -0.05) is 12.1 Å². The van der Waals surface area contributed by atoms with Crippen LogP contribution in [0.25, 0.3) is 0 Å². The van der Waals surface area contributed by atoms with Crippen LogP contribution in [0, 0.1) is 11.8 Å². The van der Waals surface area contributed by atoms with Crippen LogP contribution < -0.4 is 5.73 Å². The summed E-state index contributed by atoms with van der Waals surface area (Å²) in [6.07, 6.45) is 6.97. The lowest BCUT2D eigenvalue weighted by Gasteiger charge is -2.22. The summed E-state index contributed by atoms with van der Waals surface area (Å²) in [5.41, 5.74) is 8.11. The highest BCUT2D eigenvalue weighted by molar-refractivity contribution is 5.40. The molecule has 2 aliphatic carbocycles. The molecule has 2 heteroatoms. The Morgan fingerprint density at radius 3 is 2.28 bits per heavy atom. The fourth-order valence-corrected chi connectivity index (χ4v) is 2.62. The van der Waals surface area contributed by atoms with Gasteiger partial charge in [-0.15, -0.1) is 0 Å². The van der Waals surface area contributed by atoms with Crippen molar-refractivity contribution < 1.29 is 0 Å². The van der Waals surface area contributed by atoms with Gasteiger partial charge in [-0.3, -0.25) is 0 Å². The second-order valence-corrected chi connectivity index (χ2v) is 6.14. The molecular formula is C16H24N2. The van der Waals surface area contributed by atoms with E-state index in [4.69, 9.17) is 5.73 Å². The molecule has 0 unspecified atom stereocenters. The summed E-state index contributed by atoms with van der Waals surface area (Å²) in [6.45, 7) is 3.87. The molecule has 2 nitrogen and oxygen atoms in total. The van der Waals surface area contributed by atoms with Crippen LogP contribution in [0.4, 0.5) is 5.69 Å². The maximum Gasteiger partial charge on any atom is 0.0316 e. The summed E-state index contributed by atoms with van der Waals surface area (Å²) < 4.78 is 0. The van der Waals surface area contributed by atoms with E-state index in [0.717, 1.165) is 23.9 Å². The predicted octanol–water partition coefficient (Wildman–Crippen LogP) is 2.93. The molecule has 0 spiro atoms. The van der Waals surface area contributed by atoms with Crippen molar-refractivity contribution in [2.45, 2.75) is 32.1 Å². The first-order valence-electron chi connectivity index (χ1n) is 7.36. The van der Waals surface area contributed by atoms with Crippen LogP contribution in [-0.4, -0.2) is 24.5 Å². The van der Waals surface area contributed by atoms with Crippen molar-refractivity contribution in [3.05, 3.63) is 29.8 Å². The molecule has 0 aromatic heterocycles. The zero-order valence-corrected chi connectivity index (χ0v) is 11.1. The minimum atomic E-state index is 0.892. The smallest absolute Gasteiger partial charge is 0.0316 e. The Labute approximate surface area is 110 Å². The summed E-state index contributed by atoms with van der Waals surface area (Å²) in [6, 6.07) is 8.35. The molecule has 0 atom stereocenters. The number of rotatable bonds is 7. The zero-order valence-electron chi connectivity index (χ0n) is 11.1. The van der Waals surface area contributed by atoms with Crippen molar-refractivity contribution in [2.24, 2.45) is 11.8 Å². The van der Waals surface area contributed by atoms with Crippen LogP contribution in [0.2, 0.25) is 0 Å². The Morgan fingerprint density at radius 2 is 1.72 bits per heavy atom. The SMILES string of the molecule is Nc1cccc(CCN(CC2CC2)CC2CC2)c1. The van der Waals surface area contributed by atoms with E-state index in [0.29, 0.717) is 0 Å². The molecule has 2 N–H and O–H groups in total. The third kappa shape index (κ3) is 3.74. The zero-order chi connectivity index (χ0) is 12.4. The van der Waals surface area contributed by atoms with Crippen molar-refractivity contribution in [3.8, 4) is 0 Å². The number of anilines is 1. The number of nitrogen functional groups attached to an aromatic ring is 1. The molecule has 0 amide bonds. The molecule has 0 heterocycles. The lowest BCUT2D eigenvalue weighted by atomic mass is 10.1. The van der Waals surface area contributed by atoms with E-state index in [2.05, 4.69) is 23.1 Å². The number of nitrogens with zero attached hydrogens (tertiary/aromatic N) is 1. The molecule has 1 aromatic rings. The predicted molar refractivity (Wildman–Crippen MR) is 76.4 cm³/mol. The van der Waals surface area contributed by atoms with E-state index in [9.17, 15) is 0 Å². The second kappa shape index (κ2) is 5.31. The number of nitrogens with two attached hydrogens (primary N) is 1. The number of hydrogen-bond donors (Lipinski definition) is 1. The molecule has 2 aliphatic rings. The number of benzene rings is 1.